The van der Waals surface area contributed by atoms with Crippen molar-refractivity contribution in [3.05, 3.63) is 94.5 Å². The van der Waals surface area contributed by atoms with Crippen LogP contribution in [0.3, 0.4) is 0 Å². The number of halogens is 1. The van der Waals surface area contributed by atoms with Crippen LogP contribution in [0, 0.1) is 0 Å². The largest absolute Gasteiger partial charge is 0.496 e. The molecule has 0 heterocycles. The van der Waals surface area contributed by atoms with Crippen molar-refractivity contribution >= 4 is 17.5 Å². The molecule has 28 heavy (non-hydrogen) atoms. The number of carbonyl (C=O) groups is 1. The summed E-state index contributed by atoms with van der Waals surface area (Å²) in [6.45, 7) is 0.830. The molecule has 1 amide bonds. The lowest BCUT2D eigenvalue weighted by Gasteiger charge is -2.18. The zero-order chi connectivity index (χ0) is 19.9. The van der Waals surface area contributed by atoms with Crippen molar-refractivity contribution in [2.24, 2.45) is 0 Å². The number of hydrogen-bond acceptors (Lipinski definition) is 3. The molecule has 0 saturated carbocycles. The molecule has 0 aliphatic rings. The van der Waals surface area contributed by atoms with Crippen molar-refractivity contribution < 1.29 is 14.3 Å². The van der Waals surface area contributed by atoms with Crippen LogP contribution in [0.1, 0.15) is 21.5 Å². The first-order valence-corrected chi connectivity index (χ1v) is 9.29. The fraction of sp³-hybridized carbons (Fsp3) is 0.174. The van der Waals surface area contributed by atoms with Gasteiger partial charge in [-0.25, -0.2) is 0 Å². The van der Waals surface area contributed by atoms with E-state index >= 15 is 0 Å². The molecule has 0 bridgehead atoms. The second-order valence-corrected chi connectivity index (χ2v) is 6.85. The predicted octanol–water partition coefficient (Wildman–Crippen LogP) is 5.20. The molecule has 0 N–H and O–H groups in total. The summed E-state index contributed by atoms with van der Waals surface area (Å²) in [4.78, 5) is 14.5. The third-order valence-corrected chi connectivity index (χ3v) is 4.60. The normalized spacial score (nSPS) is 10.4. The number of nitrogens with zero attached hydrogens (tertiary/aromatic N) is 1. The summed E-state index contributed by atoms with van der Waals surface area (Å²) >= 11 is 5.90. The quantitative estimate of drug-likeness (QED) is 0.552. The Morgan fingerprint density at radius 2 is 1.71 bits per heavy atom. The van der Waals surface area contributed by atoms with Crippen LogP contribution in [0.25, 0.3) is 0 Å². The van der Waals surface area contributed by atoms with E-state index in [1.165, 1.54) is 0 Å². The first kappa shape index (κ1) is 19.8. The Bertz CT molecular complexity index is 926. The number of rotatable bonds is 7. The fourth-order valence-corrected chi connectivity index (χ4v) is 2.99. The van der Waals surface area contributed by atoms with Crippen LogP contribution >= 0.6 is 11.6 Å². The molecule has 0 unspecified atom stereocenters. The van der Waals surface area contributed by atoms with Gasteiger partial charge < -0.3 is 14.4 Å². The smallest absolute Gasteiger partial charge is 0.253 e. The van der Waals surface area contributed by atoms with Gasteiger partial charge in [-0.05, 0) is 48.0 Å². The Morgan fingerprint density at radius 3 is 2.39 bits per heavy atom. The molecule has 3 aromatic rings. The molecule has 0 atom stereocenters. The minimum Gasteiger partial charge on any atom is -0.496 e. The van der Waals surface area contributed by atoms with Gasteiger partial charge in [-0.2, -0.15) is 0 Å². The van der Waals surface area contributed by atoms with Crippen molar-refractivity contribution in [3.8, 4) is 11.5 Å². The topological polar surface area (TPSA) is 38.8 Å². The molecule has 0 spiro atoms. The highest BCUT2D eigenvalue weighted by molar-refractivity contribution is 6.30. The Hall–Kier alpha value is -2.98. The number of methoxy groups -OCH3 is 1. The molecule has 0 saturated heterocycles. The van der Waals surface area contributed by atoms with Crippen LogP contribution in [0.5, 0.6) is 11.5 Å². The summed E-state index contributed by atoms with van der Waals surface area (Å²) in [6, 6.07) is 22.4. The van der Waals surface area contributed by atoms with Gasteiger partial charge >= 0.3 is 0 Å². The Labute approximate surface area is 170 Å². The summed E-state index contributed by atoms with van der Waals surface area (Å²) in [6.07, 6.45) is 0. The molecule has 0 aliphatic carbocycles. The molecule has 4 nitrogen and oxygen atoms in total. The van der Waals surface area contributed by atoms with Gasteiger partial charge in [0.15, 0.2) is 0 Å². The molecule has 3 rings (SSSR count). The van der Waals surface area contributed by atoms with E-state index in [-0.39, 0.29) is 12.5 Å². The molecular weight excluding hydrogens is 374 g/mol. The van der Waals surface area contributed by atoms with Crippen LogP contribution < -0.4 is 9.47 Å². The van der Waals surface area contributed by atoms with E-state index in [4.69, 9.17) is 21.1 Å². The number of amides is 1. The standard InChI is InChI=1S/C23H22ClNO3/c1-25(15-17-6-4-3-5-7-17)23(26)18-8-13-22(27-2)19(14-18)16-28-21-11-9-20(24)10-12-21/h3-14H,15-16H2,1-2H3. The Balaban J connectivity index is 1.73. The third kappa shape index (κ3) is 5.05. The summed E-state index contributed by atoms with van der Waals surface area (Å²) in [5, 5.41) is 0.652. The van der Waals surface area contributed by atoms with Crippen LogP contribution in [0.2, 0.25) is 5.02 Å². The Morgan fingerprint density at radius 1 is 1.00 bits per heavy atom. The molecule has 0 fully saturated rings. The molecule has 5 heteroatoms. The van der Waals surface area contributed by atoms with Gasteiger partial charge in [0.1, 0.15) is 18.1 Å². The first-order valence-electron chi connectivity index (χ1n) is 8.91. The van der Waals surface area contributed by atoms with Crippen LogP contribution in [0.4, 0.5) is 0 Å². The van der Waals surface area contributed by atoms with Crippen LogP contribution in [-0.2, 0) is 13.2 Å². The van der Waals surface area contributed by atoms with Gasteiger partial charge in [0.2, 0.25) is 0 Å². The third-order valence-electron chi connectivity index (χ3n) is 4.34. The van der Waals surface area contributed by atoms with Gasteiger partial charge in [0, 0.05) is 29.7 Å². The molecule has 144 valence electrons. The van der Waals surface area contributed by atoms with Gasteiger partial charge in [0.25, 0.3) is 5.91 Å². The van der Waals surface area contributed by atoms with Gasteiger partial charge in [0.05, 0.1) is 7.11 Å². The highest BCUT2D eigenvalue weighted by Crippen LogP contribution is 2.24. The maximum Gasteiger partial charge on any atom is 0.253 e. The maximum absolute atomic E-state index is 12.8. The first-order chi connectivity index (χ1) is 13.6. The molecular formula is C23H22ClNO3. The summed E-state index contributed by atoms with van der Waals surface area (Å²) in [5.74, 6) is 1.32. The molecule has 0 aliphatic heterocycles. The van der Waals surface area contributed by atoms with E-state index in [0.29, 0.717) is 28.6 Å². The number of benzene rings is 3. The second-order valence-electron chi connectivity index (χ2n) is 6.42. The van der Waals surface area contributed by atoms with E-state index in [1.54, 1.807) is 55.5 Å². The number of hydrogen-bond donors (Lipinski definition) is 0. The summed E-state index contributed by atoms with van der Waals surface area (Å²) in [7, 11) is 3.40. The minimum absolute atomic E-state index is 0.0563. The molecule has 0 radical (unpaired) electrons. The average molecular weight is 396 g/mol. The van der Waals surface area contributed by atoms with Gasteiger partial charge in [-0.15, -0.1) is 0 Å². The lowest BCUT2D eigenvalue weighted by molar-refractivity contribution is 0.0785. The van der Waals surface area contributed by atoms with Crippen molar-refractivity contribution in [1.29, 1.82) is 0 Å². The van der Waals surface area contributed by atoms with E-state index in [2.05, 4.69) is 0 Å². The summed E-state index contributed by atoms with van der Waals surface area (Å²) < 4.78 is 11.2. The van der Waals surface area contributed by atoms with Crippen molar-refractivity contribution in [2.75, 3.05) is 14.2 Å². The average Bonchev–Trinajstić information content (AvgIpc) is 2.73. The zero-order valence-electron chi connectivity index (χ0n) is 15.9. The van der Waals surface area contributed by atoms with Gasteiger partial charge in [-0.3, -0.25) is 4.79 Å². The van der Waals surface area contributed by atoms with E-state index in [9.17, 15) is 4.79 Å². The van der Waals surface area contributed by atoms with Crippen molar-refractivity contribution in [2.45, 2.75) is 13.2 Å². The van der Waals surface area contributed by atoms with E-state index in [1.807, 2.05) is 36.4 Å². The monoisotopic (exact) mass is 395 g/mol. The SMILES string of the molecule is COc1ccc(C(=O)N(C)Cc2ccccc2)cc1COc1ccc(Cl)cc1. The van der Waals surface area contributed by atoms with E-state index < -0.39 is 0 Å². The van der Waals surface area contributed by atoms with Crippen molar-refractivity contribution in [1.82, 2.24) is 4.90 Å². The molecule has 3 aromatic carbocycles. The van der Waals surface area contributed by atoms with Crippen molar-refractivity contribution in [3.63, 3.8) is 0 Å². The zero-order valence-corrected chi connectivity index (χ0v) is 16.6. The molecule has 0 aromatic heterocycles. The Kier molecular flexibility index (Phi) is 6.56. The van der Waals surface area contributed by atoms with Gasteiger partial charge in [-0.1, -0.05) is 41.9 Å². The summed E-state index contributed by atoms with van der Waals surface area (Å²) in [5.41, 5.74) is 2.48. The predicted molar refractivity (Wildman–Crippen MR) is 111 cm³/mol. The lowest BCUT2D eigenvalue weighted by atomic mass is 10.1. The second kappa shape index (κ2) is 9.29. The highest BCUT2D eigenvalue weighted by atomic mass is 35.5. The van der Waals surface area contributed by atoms with Crippen LogP contribution in [0.15, 0.2) is 72.8 Å². The fourth-order valence-electron chi connectivity index (χ4n) is 2.87. The number of ether oxygens (including phenoxy) is 2. The highest BCUT2D eigenvalue weighted by Gasteiger charge is 2.15. The lowest BCUT2D eigenvalue weighted by Crippen LogP contribution is -2.26. The van der Waals surface area contributed by atoms with E-state index in [0.717, 1.165) is 11.1 Å². The number of carbonyl (C=O) groups excluding carboxylic acids is 1. The minimum atomic E-state index is -0.0563. The van der Waals surface area contributed by atoms with Crippen LogP contribution in [-0.4, -0.2) is 25.0 Å². The maximum atomic E-state index is 12.8.